The van der Waals surface area contributed by atoms with E-state index in [9.17, 15) is 5.11 Å². The average Bonchev–Trinajstić information content (AvgIpc) is 2.47. The van der Waals surface area contributed by atoms with E-state index in [4.69, 9.17) is 5.73 Å². The fraction of sp³-hybridized carbons (Fsp3) is 0.375. The summed E-state index contributed by atoms with van der Waals surface area (Å²) in [5.41, 5.74) is 8.00. The van der Waals surface area contributed by atoms with E-state index in [1.54, 1.807) is 0 Å². The second-order valence-corrected chi connectivity index (χ2v) is 5.39. The summed E-state index contributed by atoms with van der Waals surface area (Å²) in [6.45, 7) is 4.12. The van der Waals surface area contributed by atoms with Crippen molar-refractivity contribution in [1.82, 2.24) is 9.97 Å². The Morgan fingerprint density at radius 3 is 2.52 bits per heavy atom. The van der Waals surface area contributed by atoms with Gasteiger partial charge in [0.25, 0.3) is 0 Å². The third kappa shape index (κ3) is 3.92. The molecule has 0 radical (unpaired) electrons. The van der Waals surface area contributed by atoms with Crippen molar-refractivity contribution in [2.24, 2.45) is 0 Å². The molecule has 0 aliphatic carbocycles. The highest BCUT2D eigenvalue weighted by Crippen LogP contribution is 2.26. The Kier molecular flexibility index (Phi) is 5.11. The van der Waals surface area contributed by atoms with Crippen molar-refractivity contribution in [1.29, 1.82) is 0 Å². The molecule has 1 atom stereocenters. The van der Waals surface area contributed by atoms with Gasteiger partial charge in [0, 0.05) is 5.56 Å². The molecule has 0 spiro atoms. The van der Waals surface area contributed by atoms with E-state index in [-0.39, 0.29) is 18.6 Å². The summed E-state index contributed by atoms with van der Waals surface area (Å²) in [5, 5.41) is 12.9. The third-order valence-electron chi connectivity index (χ3n) is 3.38. The summed E-state index contributed by atoms with van der Waals surface area (Å²) < 4.78 is 0. The molecule has 1 aromatic carbocycles. The smallest absolute Gasteiger partial charge is 0.135 e. The lowest BCUT2D eigenvalue weighted by Crippen LogP contribution is -2.28. The maximum Gasteiger partial charge on any atom is 0.135 e. The maximum atomic E-state index is 9.61. The average molecular weight is 286 g/mol. The van der Waals surface area contributed by atoms with Crippen LogP contribution in [0.3, 0.4) is 0 Å². The van der Waals surface area contributed by atoms with Crippen molar-refractivity contribution in [3.05, 3.63) is 47.8 Å². The van der Waals surface area contributed by atoms with Gasteiger partial charge >= 0.3 is 0 Å². The zero-order valence-electron chi connectivity index (χ0n) is 12.5. The molecule has 1 aromatic heterocycles. The summed E-state index contributed by atoms with van der Waals surface area (Å²) in [6.07, 6.45) is 2.17. The van der Waals surface area contributed by atoms with Gasteiger partial charge in [0.1, 0.15) is 18.0 Å². The van der Waals surface area contributed by atoms with E-state index >= 15 is 0 Å². The van der Waals surface area contributed by atoms with Gasteiger partial charge in [-0.1, -0.05) is 44.2 Å². The molecule has 0 amide bonds. The first kappa shape index (κ1) is 15.3. The predicted molar refractivity (Wildman–Crippen MR) is 85.2 cm³/mol. The molecule has 2 rings (SSSR count). The van der Waals surface area contributed by atoms with Gasteiger partial charge in [0.05, 0.1) is 12.6 Å². The first-order chi connectivity index (χ1) is 10.1. The quantitative estimate of drug-likeness (QED) is 0.758. The van der Waals surface area contributed by atoms with Crippen LogP contribution in [0.5, 0.6) is 0 Å². The van der Waals surface area contributed by atoms with Gasteiger partial charge in [0.15, 0.2) is 0 Å². The van der Waals surface area contributed by atoms with Crippen LogP contribution in [0, 0.1) is 0 Å². The molecule has 5 nitrogen and oxygen atoms in total. The SMILES string of the molecule is CC(C)c1c(N)ncnc1NC(CO)Cc1ccccc1. The molecule has 1 unspecified atom stereocenters. The van der Waals surface area contributed by atoms with Crippen LogP contribution in [0.4, 0.5) is 11.6 Å². The van der Waals surface area contributed by atoms with Crippen molar-refractivity contribution in [2.45, 2.75) is 32.2 Å². The lowest BCUT2D eigenvalue weighted by Gasteiger charge is -2.21. The zero-order valence-corrected chi connectivity index (χ0v) is 12.5. The summed E-state index contributed by atoms with van der Waals surface area (Å²) in [6, 6.07) is 9.94. The van der Waals surface area contributed by atoms with Gasteiger partial charge in [-0.05, 0) is 17.9 Å². The lowest BCUT2D eigenvalue weighted by molar-refractivity contribution is 0.273. The Balaban J connectivity index is 2.17. The number of aliphatic hydroxyl groups is 1. The van der Waals surface area contributed by atoms with Crippen LogP contribution >= 0.6 is 0 Å². The number of benzene rings is 1. The number of nitrogen functional groups attached to an aromatic ring is 1. The minimum Gasteiger partial charge on any atom is -0.394 e. The van der Waals surface area contributed by atoms with E-state index in [0.717, 1.165) is 17.5 Å². The summed E-state index contributed by atoms with van der Waals surface area (Å²) in [5.74, 6) is 1.40. The van der Waals surface area contributed by atoms with Crippen LogP contribution in [0.25, 0.3) is 0 Å². The number of hydrogen-bond donors (Lipinski definition) is 3. The first-order valence-electron chi connectivity index (χ1n) is 7.13. The van der Waals surface area contributed by atoms with Crippen molar-refractivity contribution in [3.8, 4) is 0 Å². The molecule has 0 saturated carbocycles. The number of aliphatic hydroxyl groups excluding tert-OH is 1. The number of nitrogens with one attached hydrogen (secondary N) is 1. The lowest BCUT2D eigenvalue weighted by atomic mass is 10.0. The van der Waals surface area contributed by atoms with E-state index in [1.807, 2.05) is 44.2 Å². The zero-order chi connectivity index (χ0) is 15.2. The monoisotopic (exact) mass is 286 g/mol. The molecule has 21 heavy (non-hydrogen) atoms. The topological polar surface area (TPSA) is 84.1 Å². The van der Waals surface area contributed by atoms with Crippen molar-refractivity contribution >= 4 is 11.6 Å². The van der Waals surface area contributed by atoms with Crippen molar-refractivity contribution in [3.63, 3.8) is 0 Å². The highest BCUT2D eigenvalue weighted by molar-refractivity contribution is 5.57. The van der Waals surface area contributed by atoms with Gasteiger partial charge < -0.3 is 16.2 Å². The largest absolute Gasteiger partial charge is 0.394 e. The van der Waals surface area contributed by atoms with Crippen LogP contribution in [0.2, 0.25) is 0 Å². The predicted octanol–water partition coefficient (Wildman–Crippen LogP) is 2.20. The Labute approximate surface area is 125 Å². The summed E-state index contributed by atoms with van der Waals surface area (Å²) in [7, 11) is 0. The van der Waals surface area contributed by atoms with Crippen molar-refractivity contribution < 1.29 is 5.11 Å². The van der Waals surface area contributed by atoms with E-state index in [1.165, 1.54) is 6.33 Å². The van der Waals surface area contributed by atoms with Crippen LogP contribution < -0.4 is 11.1 Å². The van der Waals surface area contributed by atoms with Gasteiger partial charge in [-0.3, -0.25) is 0 Å². The summed E-state index contributed by atoms with van der Waals surface area (Å²) >= 11 is 0. The highest BCUT2D eigenvalue weighted by Gasteiger charge is 2.16. The molecule has 4 N–H and O–H groups in total. The molecular weight excluding hydrogens is 264 g/mol. The fourth-order valence-corrected chi connectivity index (χ4v) is 2.35. The highest BCUT2D eigenvalue weighted by atomic mass is 16.3. The first-order valence-corrected chi connectivity index (χ1v) is 7.13. The Hall–Kier alpha value is -2.14. The molecular formula is C16H22N4O. The number of aromatic nitrogens is 2. The Morgan fingerprint density at radius 1 is 1.19 bits per heavy atom. The minimum atomic E-state index is -0.112. The van der Waals surface area contributed by atoms with E-state index in [0.29, 0.717) is 11.6 Å². The van der Waals surface area contributed by atoms with Crippen LogP contribution in [0.1, 0.15) is 30.9 Å². The molecule has 0 aliphatic heterocycles. The number of nitrogens with zero attached hydrogens (tertiary/aromatic N) is 2. The minimum absolute atomic E-state index is 0.0241. The van der Waals surface area contributed by atoms with Crippen LogP contribution in [0.15, 0.2) is 36.7 Å². The van der Waals surface area contributed by atoms with E-state index < -0.39 is 0 Å². The third-order valence-corrected chi connectivity index (χ3v) is 3.38. The number of hydrogen-bond acceptors (Lipinski definition) is 5. The van der Waals surface area contributed by atoms with Gasteiger partial charge in [0.2, 0.25) is 0 Å². The van der Waals surface area contributed by atoms with Crippen LogP contribution in [-0.2, 0) is 6.42 Å². The molecule has 0 fully saturated rings. The standard InChI is InChI=1S/C16H22N4O/c1-11(2)14-15(17)18-10-19-16(14)20-13(9-21)8-12-6-4-3-5-7-12/h3-7,10-11,13,21H,8-9H2,1-2H3,(H3,17,18,19,20). The maximum absolute atomic E-state index is 9.61. The molecule has 1 heterocycles. The normalized spacial score (nSPS) is 12.4. The van der Waals surface area contributed by atoms with E-state index in [2.05, 4.69) is 15.3 Å². The number of rotatable bonds is 6. The Morgan fingerprint density at radius 2 is 1.90 bits per heavy atom. The van der Waals surface area contributed by atoms with Crippen molar-refractivity contribution in [2.75, 3.05) is 17.7 Å². The second-order valence-electron chi connectivity index (χ2n) is 5.39. The number of nitrogens with two attached hydrogens (primary N) is 1. The summed E-state index contributed by atoms with van der Waals surface area (Å²) in [4.78, 5) is 8.32. The molecule has 2 aromatic rings. The molecule has 0 bridgehead atoms. The molecule has 0 saturated heterocycles. The van der Waals surface area contributed by atoms with Gasteiger partial charge in [-0.25, -0.2) is 9.97 Å². The Bertz CT molecular complexity index is 572. The van der Waals surface area contributed by atoms with Gasteiger partial charge in [-0.2, -0.15) is 0 Å². The fourth-order valence-electron chi connectivity index (χ4n) is 2.35. The molecule has 5 heteroatoms. The van der Waals surface area contributed by atoms with Crippen LogP contribution in [-0.4, -0.2) is 27.7 Å². The molecule has 112 valence electrons. The number of anilines is 2. The second kappa shape index (κ2) is 7.04. The van der Waals surface area contributed by atoms with Gasteiger partial charge in [-0.15, -0.1) is 0 Å². The molecule has 0 aliphatic rings.